The smallest absolute Gasteiger partial charge is 0.0538 e. The summed E-state index contributed by atoms with van der Waals surface area (Å²) in [6.45, 7) is 3.01. The minimum absolute atomic E-state index is 0.365. The van der Waals surface area contributed by atoms with E-state index < -0.39 is 0 Å². The largest absolute Gasteiger partial charge is 0.381 e. The third kappa shape index (κ3) is 2.47. The lowest BCUT2D eigenvalue weighted by atomic mass is 9.81. The van der Waals surface area contributed by atoms with E-state index in [0.717, 1.165) is 25.8 Å². The molecule has 1 aliphatic carbocycles. The van der Waals surface area contributed by atoms with E-state index in [1.54, 1.807) is 11.3 Å². The Morgan fingerprint density at radius 2 is 2.44 bits per heavy atom. The highest BCUT2D eigenvalue weighted by Crippen LogP contribution is 2.33. The van der Waals surface area contributed by atoms with Crippen molar-refractivity contribution in [3.05, 3.63) is 22.4 Å². The molecule has 0 aromatic carbocycles. The van der Waals surface area contributed by atoms with E-state index in [2.05, 4.69) is 22.1 Å². The second kappa shape index (κ2) is 4.47. The van der Waals surface area contributed by atoms with Crippen molar-refractivity contribution in [2.24, 2.45) is 5.41 Å². The van der Waals surface area contributed by atoms with Crippen molar-refractivity contribution in [1.82, 2.24) is 5.32 Å². The predicted molar refractivity (Wildman–Crippen MR) is 66.9 cm³/mol. The standard InChI is InChI=1S/C13H19NOS/c1-2-12(1)14-9-13(4-5-15-10-13)7-11-3-6-16-8-11/h3,6,8,12,14H,1-2,4-5,7,9-10H2. The van der Waals surface area contributed by atoms with Crippen LogP contribution in [0.5, 0.6) is 0 Å². The molecule has 3 heteroatoms. The Morgan fingerprint density at radius 1 is 1.50 bits per heavy atom. The molecular weight excluding hydrogens is 218 g/mol. The summed E-state index contributed by atoms with van der Waals surface area (Å²) in [5, 5.41) is 8.12. The number of ether oxygens (including phenoxy) is 1. The summed E-state index contributed by atoms with van der Waals surface area (Å²) >= 11 is 1.80. The highest BCUT2D eigenvalue weighted by molar-refractivity contribution is 7.07. The topological polar surface area (TPSA) is 21.3 Å². The van der Waals surface area contributed by atoms with Crippen LogP contribution in [-0.2, 0) is 11.2 Å². The molecule has 1 atom stereocenters. The van der Waals surface area contributed by atoms with Crippen LogP contribution in [0.4, 0.5) is 0 Å². The first-order chi connectivity index (χ1) is 7.86. The summed E-state index contributed by atoms with van der Waals surface area (Å²) in [6.07, 6.45) is 5.13. The molecule has 2 heterocycles. The fourth-order valence-corrected chi connectivity index (χ4v) is 3.13. The van der Waals surface area contributed by atoms with Gasteiger partial charge in [0.1, 0.15) is 0 Å². The van der Waals surface area contributed by atoms with Gasteiger partial charge in [-0.05, 0) is 48.1 Å². The first-order valence-corrected chi connectivity index (χ1v) is 7.13. The van der Waals surface area contributed by atoms with E-state index in [1.807, 2.05) is 0 Å². The number of rotatable bonds is 5. The van der Waals surface area contributed by atoms with Crippen LogP contribution in [0.1, 0.15) is 24.8 Å². The Morgan fingerprint density at radius 3 is 3.06 bits per heavy atom. The maximum absolute atomic E-state index is 5.63. The minimum atomic E-state index is 0.365. The summed E-state index contributed by atoms with van der Waals surface area (Å²) in [6, 6.07) is 3.06. The van der Waals surface area contributed by atoms with Crippen LogP contribution in [0.2, 0.25) is 0 Å². The summed E-state index contributed by atoms with van der Waals surface area (Å²) in [4.78, 5) is 0. The highest BCUT2D eigenvalue weighted by atomic mass is 32.1. The Balaban J connectivity index is 1.63. The van der Waals surface area contributed by atoms with Crippen molar-refractivity contribution in [1.29, 1.82) is 0 Å². The second-order valence-electron chi connectivity index (χ2n) is 5.27. The number of thiophene rings is 1. The van der Waals surface area contributed by atoms with Crippen molar-refractivity contribution >= 4 is 11.3 Å². The van der Waals surface area contributed by atoms with Gasteiger partial charge >= 0.3 is 0 Å². The quantitative estimate of drug-likeness (QED) is 0.849. The first kappa shape index (κ1) is 10.8. The molecule has 88 valence electrons. The zero-order valence-corrected chi connectivity index (χ0v) is 10.4. The summed E-state index contributed by atoms with van der Waals surface area (Å²) in [7, 11) is 0. The number of hydrogen-bond donors (Lipinski definition) is 1. The van der Waals surface area contributed by atoms with Crippen molar-refractivity contribution < 1.29 is 4.74 Å². The van der Waals surface area contributed by atoms with Gasteiger partial charge in [-0.25, -0.2) is 0 Å². The Bertz CT molecular complexity index is 326. The third-order valence-corrected chi connectivity index (χ3v) is 4.42. The number of nitrogens with one attached hydrogen (secondary N) is 1. The lowest BCUT2D eigenvalue weighted by Gasteiger charge is -2.27. The molecule has 1 aromatic heterocycles. The van der Waals surface area contributed by atoms with E-state index in [0.29, 0.717) is 5.41 Å². The fourth-order valence-electron chi connectivity index (χ4n) is 2.47. The summed E-state index contributed by atoms with van der Waals surface area (Å²) < 4.78 is 5.63. The summed E-state index contributed by atoms with van der Waals surface area (Å²) in [5.74, 6) is 0. The molecule has 16 heavy (non-hydrogen) atoms. The van der Waals surface area contributed by atoms with E-state index in [-0.39, 0.29) is 0 Å². The van der Waals surface area contributed by atoms with Crippen molar-refractivity contribution in [2.75, 3.05) is 19.8 Å². The van der Waals surface area contributed by atoms with Gasteiger partial charge in [0.05, 0.1) is 6.61 Å². The molecule has 3 rings (SSSR count). The van der Waals surface area contributed by atoms with Crippen LogP contribution in [0.3, 0.4) is 0 Å². The molecule has 0 amide bonds. The average molecular weight is 237 g/mol. The first-order valence-electron chi connectivity index (χ1n) is 6.19. The van der Waals surface area contributed by atoms with Gasteiger partial charge in [0.2, 0.25) is 0 Å². The second-order valence-corrected chi connectivity index (χ2v) is 6.05. The normalized spacial score (nSPS) is 29.8. The average Bonchev–Trinajstić information content (AvgIpc) is 2.78. The van der Waals surface area contributed by atoms with Gasteiger partial charge in [-0.3, -0.25) is 0 Å². The van der Waals surface area contributed by atoms with Gasteiger partial charge in [0.25, 0.3) is 0 Å². The van der Waals surface area contributed by atoms with Gasteiger partial charge in [-0.2, -0.15) is 11.3 Å². The zero-order chi connectivity index (χ0) is 10.8. The molecule has 2 nitrogen and oxygen atoms in total. The highest BCUT2D eigenvalue weighted by Gasteiger charge is 2.36. The molecule has 2 aliphatic rings. The Kier molecular flexibility index (Phi) is 3.01. The molecular formula is C13H19NOS. The van der Waals surface area contributed by atoms with Gasteiger partial charge in [-0.1, -0.05) is 0 Å². The molecule has 1 N–H and O–H groups in total. The lowest BCUT2D eigenvalue weighted by molar-refractivity contribution is 0.149. The van der Waals surface area contributed by atoms with Crippen LogP contribution in [0.15, 0.2) is 16.8 Å². The van der Waals surface area contributed by atoms with Crippen LogP contribution in [0, 0.1) is 5.41 Å². The van der Waals surface area contributed by atoms with Gasteiger partial charge < -0.3 is 10.1 Å². The molecule has 1 unspecified atom stereocenters. The van der Waals surface area contributed by atoms with Crippen molar-refractivity contribution in [2.45, 2.75) is 31.7 Å². The predicted octanol–water partition coefficient (Wildman–Crippen LogP) is 2.45. The van der Waals surface area contributed by atoms with Crippen molar-refractivity contribution in [3.8, 4) is 0 Å². The lowest BCUT2D eigenvalue weighted by Crippen LogP contribution is -2.37. The van der Waals surface area contributed by atoms with Gasteiger partial charge in [0.15, 0.2) is 0 Å². The molecule has 1 aliphatic heterocycles. The Labute approximate surface area is 101 Å². The summed E-state index contributed by atoms with van der Waals surface area (Å²) in [5.41, 5.74) is 1.84. The van der Waals surface area contributed by atoms with Gasteiger partial charge in [0, 0.05) is 24.6 Å². The molecule has 1 saturated heterocycles. The molecule has 1 aromatic rings. The van der Waals surface area contributed by atoms with E-state index in [4.69, 9.17) is 4.74 Å². The van der Waals surface area contributed by atoms with Crippen molar-refractivity contribution in [3.63, 3.8) is 0 Å². The van der Waals surface area contributed by atoms with Crippen LogP contribution < -0.4 is 5.32 Å². The molecule has 0 bridgehead atoms. The molecule has 2 fully saturated rings. The zero-order valence-electron chi connectivity index (χ0n) is 9.58. The molecule has 1 saturated carbocycles. The fraction of sp³-hybridized carbons (Fsp3) is 0.692. The third-order valence-electron chi connectivity index (χ3n) is 3.69. The van der Waals surface area contributed by atoms with E-state index >= 15 is 0 Å². The van der Waals surface area contributed by atoms with E-state index in [9.17, 15) is 0 Å². The van der Waals surface area contributed by atoms with Crippen LogP contribution in [0.25, 0.3) is 0 Å². The molecule has 0 spiro atoms. The molecule has 0 radical (unpaired) electrons. The SMILES string of the molecule is c1cc(CC2(CNC3CC3)CCOC2)cs1. The minimum Gasteiger partial charge on any atom is -0.381 e. The van der Waals surface area contributed by atoms with Crippen LogP contribution in [-0.4, -0.2) is 25.8 Å². The van der Waals surface area contributed by atoms with Gasteiger partial charge in [-0.15, -0.1) is 0 Å². The number of hydrogen-bond acceptors (Lipinski definition) is 3. The Hall–Kier alpha value is -0.380. The maximum Gasteiger partial charge on any atom is 0.0538 e. The van der Waals surface area contributed by atoms with Crippen LogP contribution >= 0.6 is 11.3 Å². The monoisotopic (exact) mass is 237 g/mol. The van der Waals surface area contributed by atoms with E-state index in [1.165, 1.54) is 31.2 Å². The maximum atomic E-state index is 5.63.